The van der Waals surface area contributed by atoms with Crippen molar-refractivity contribution in [1.82, 2.24) is 0 Å². The number of ketones is 1. The molecule has 1 unspecified atom stereocenters. The first-order valence-corrected chi connectivity index (χ1v) is 3.59. The number of hydrogen-bond acceptors (Lipinski definition) is 3. The van der Waals surface area contributed by atoms with Crippen LogP contribution in [0.15, 0.2) is 11.8 Å². The van der Waals surface area contributed by atoms with E-state index in [0.29, 0.717) is 6.61 Å². The van der Waals surface area contributed by atoms with Crippen LogP contribution < -0.4 is 0 Å². The van der Waals surface area contributed by atoms with Crippen LogP contribution in [0, 0.1) is 0 Å². The first-order chi connectivity index (χ1) is 5.22. The first kappa shape index (κ1) is 8.27. The molecule has 0 N–H and O–H groups in total. The maximum Gasteiger partial charge on any atom is 0.155 e. The van der Waals surface area contributed by atoms with Crippen LogP contribution in [0.2, 0.25) is 0 Å². The lowest BCUT2D eigenvalue weighted by molar-refractivity contribution is -0.112. The fourth-order valence-corrected chi connectivity index (χ4v) is 1.02. The second-order valence-electron chi connectivity index (χ2n) is 2.59. The fourth-order valence-electron chi connectivity index (χ4n) is 1.02. The Labute approximate surface area is 66.0 Å². The summed E-state index contributed by atoms with van der Waals surface area (Å²) in [6.07, 6.45) is 2.36. The number of allylic oxidation sites excluding steroid dienone is 1. The van der Waals surface area contributed by atoms with Gasteiger partial charge in [0.15, 0.2) is 5.78 Å². The molecule has 0 spiro atoms. The Morgan fingerprint density at radius 1 is 1.82 bits per heavy atom. The van der Waals surface area contributed by atoms with Gasteiger partial charge in [-0.25, -0.2) is 0 Å². The monoisotopic (exact) mass is 156 g/mol. The van der Waals surface area contributed by atoms with Crippen LogP contribution in [0.4, 0.5) is 0 Å². The summed E-state index contributed by atoms with van der Waals surface area (Å²) in [5.74, 6) is 0.765. The maximum absolute atomic E-state index is 10.6. The van der Waals surface area contributed by atoms with Crippen LogP contribution in [0.5, 0.6) is 0 Å². The van der Waals surface area contributed by atoms with Crippen molar-refractivity contribution < 1.29 is 14.3 Å². The van der Waals surface area contributed by atoms with Crippen molar-refractivity contribution in [3.63, 3.8) is 0 Å². The van der Waals surface area contributed by atoms with E-state index >= 15 is 0 Å². The molecule has 1 fully saturated rings. The van der Waals surface area contributed by atoms with Crippen molar-refractivity contribution in [2.24, 2.45) is 0 Å². The molecule has 62 valence electrons. The number of carbonyl (C=O) groups is 1. The Kier molecular flexibility index (Phi) is 2.65. The van der Waals surface area contributed by atoms with Crippen molar-refractivity contribution in [2.45, 2.75) is 19.4 Å². The third-order valence-corrected chi connectivity index (χ3v) is 1.58. The van der Waals surface area contributed by atoms with E-state index in [9.17, 15) is 4.79 Å². The lowest BCUT2D eigenvalue weighted by Crippen LogP contribution is -2.07. The summed E-state index contributed by atoms with van der Waals surface area (Å²) in [5.41, 5.74) is 0. The molecule has 1 aliphatic heterocycles. The second-order valence-corrected chi connectivity index (χ2v) is 2.59. The van der Waals surface area contributed by atoms with Gasteiger partial charge < -0.3 is 9.47 Å². The molecule has 0 aromatic rings. The highest BCUT2D eigenvalue weighted by atomic mass is 16.5. The number of carbonyl (C=O) groups excluding carboxylic acids is 1. The average Bonchev–Trinajstić information content (AvgIpc) is 2.34. The summed E-state index contributed by atoms with van der Waals surface area (Å²) in [7, 11) is 1.64. The molecule has 0 amide bonds. The number of ether oxygens (including phenoxy) is 2. The van der Waals surface area contributed by atoms with Gasteiger partial charge in [0.25, 0.3) is 0 Å². The number of hydrogen-bond donors (Lipinski definition) is 0. The molecule has 0 bridgehead atoms. The quantitative estimate of drug-likeness (QED) is 0.557. The molecule has 0 aliphatic carbocycles. The number of methoxy groups -OCH3 is 1. The molecular formula is C8H12O3. The Morgan fingerprint density at radius 3 is 3.00 bits per heavy atom. The summed E-state index contributed by atoms with van der Waals surface area (Å²) in [6, 6.07) is 0. The summed E-state index contributed by atoms with van der Waals surface area (Å²) < 4.78 is 10.2. The molecule has 1 saturated heterocycles. The summed E-state index contributed by atoms with van der Waals surface area (Å²) in [5, 5.41) is 0. The van der Waals surface area contributed by atoms with Crippen LogP contribution in [-0.4, -0.2) is 25.6 Å². The van der Waals surface area contributed by atoms with Gasteiger partial charge >= 0.3 is 0 Å². The van der Waals surface area contributed by atoms with Gasteiger partial charge in [-0.1, -0.05) is 0 Å². The molecule has 1 aliphatic rings. The second kappa shape index (κ2) is 3.53. The maximum atomic E-state index is 10.6. The van der Waals surface area contributed by atoms with Crippen LogP contribution in [0.3, 0.4) is 0 Å². The van der Waals surface area contributed by atoms with Gasteiger partial charge in [-0.2, -0.15) is 0 Å². The van der Waals surface area contributed by atoms with E-state index in [0.717, 1.165) is 12.2 Å². The Morgan fingerprint density at radius 2 is 2.55 bits per heavy atom. The van der Waals surface area contributed by atoms with Gasteiger partial charge in [0.2, 0.25) is 0 Å². The molecule has 0 radical (unpaired) electrons. The predicted molar refractivity (Wildman–Crippen MR) is 40.1 cm³/mol. The zero-order chi connectivity index (χ0) is 8.27. The first-order valence-electron chi connectivity index (χ1n) is 3.59. The largest absolute Gasteiger partial charge is 0.495 e. The minimum Gasteiger partial charge on any atom is -0.495 e. The third-order valence-electron chi connectivity index (χ3n) is 1.58. The minimum atomic E-state index is 0.0248. The summed E-state index contributed by atoms with van der Waals surface area (Å²) in [6.45, 7) is 2.08. The molecule has 1 rings (SSSR count). The molecule has 3 nitrogen and oxygen atoms in total. The predicted octanol–water partition coefficient (Wildman–Crippen LogP) is 0.895. The molecule has 11 heavy (non-hydrogen) atoms. The average molecular weight is 156 g/mol. The van der Waals surface area contributed by atoms with Crippen LogP contribution in [0.1, 0.15) is 13.3 Å². The van der Waals surface area contributed by atoms with Crippen molar-refractivity contribution in [3.05, 3.63) is 11.8 Å². The van der Waals surface area contributed by atoms with Crippen molar-refractivity contribution in [3.8, 4) is 0 Å². The van der Waals surface area contributed by atoms with E-state index in [1.165, 1.54) is 13.0 Å². The van der Waals surface area contributed by atoms with Crippen molar-refractivity contribution in [1.29, 1.82) is 0 Å². The molecule has 0 aromatic carbocycles. The lowest BCUT2D eigenvalue weighted by atomic mass is 10.2. The van der Waals surface area contributed by atoms with Crippen LogP contribution >= 0.6 is 0 Å². The zero-order valence-corrected chi connectivity index (χ0v) is 6.79. The normalized spacial score (nSPS) is 27.1. The molecule has 1 atom stereocenters. The van der Waals surface area contributed by atoms with E-state index < -0.39 is 0 Å². The van der Waals surface area contributed by atoms with E-state index in [-0.39, 0.29) is 11.9 Å². The van der Waals surface area contributed by atoms with Gasteiger partial charge in [-0.05, 0) is 6.92 Å². The molecule has 1 heterocycles. The number of rotatable bonds is 2. The van der Waals surface area contributed by atoms with E-state index in [4.69, 9.17) is 9.47 Å². The van der Waals surface area contributed by atoms with E-state index in [1.54, 1.807) is 7.11 Å². The van der Waals surface area contributed by atoms with Crippen LogP contribution in [0.25, 0.3) is 0 Å². The third kappa shape index (κ3) is 2.35. The Balaban J connectivity index is 2.47. The molecule has 3 heteroatoms. The van der Waals surface area contributed by atoms with E-state index in [2.05, 4.69) is 0 Å². The van der Waals surface area contributed by atoms with Crippen molar-refractivity contribution >= 4 is 5.78 Å². The minimum absolute atomic E-state index is 0.0248. The highest BCUT2D eigenvalue weighted by molar-refractivity contribution is 5.87. The lowest BCUT2D eigenvalue weighted by Gasteiger charge is -1.99. The van der Waals surface area contributed by atoms with Gasteiger partial charge in [0, 0.05) is 19.6 Å². The molecule has 0 saturated carbocycles. The van der Waals surface area contributed by atoms with Crippen LogP contribution in [-0.2, 0) is 14.3 Å². The standard InChI is InChI=1S/C8H12O3/c1-6(9)3-7-4-8(10-2)5-11-7/h3,8H,4-5H2,1-2H3/b7-3+. The van der Waals surface area contributed by atoms with Gasteiger partial charge in [0.05, 0.1) is 6.10 Å². The SMILES string of the molecule is COC1CO/C(=C/C(C)=O)C1. The van der Waals surface area contributed by atoms with Gasteiger partial charge in [-0.15, -0.1) is 0 Å². The highest BCUT2D eigenvalue weighted by Gasteiger charge is 2.20. The fraction of sp³-hybridized carbons (Fsp3) is 0.625. The molecular weight excluding hydrogens is 144 g/mol. The Bertz CT molecular complexity index is 184. The van der Waals surface area contributed by atoms with Gasteiger partial charge in [-0.3, -0.25) is 4.79 Å². The van der Waals surface area contributed by atoms with Gasteiger partial charge in [0.1, 0.15) is 12.4 Å². The molecule has 0 aromatic heterocycles. The smallest absolute Gasteiger partial charge is 0.155 e. The van der Waals surface area contributed by atoms with E-state index in [1.807, 2.05) is 0 Å². The highest BCUT2D eigenvalue weighted by Crippen LogP contribution is 2.18. The topological polar surface area (TPSA) is 35.5 Å². The zero-order valence-electron chi connectivity index (χ0n) is 6.79. The van der Waals surface area contributed by atoms with Crippen molar-refractivity contribution in [2.75, 3.05) is 13.7 Å². The Hall–Kier alpha value is -0.830. The summed E-state index contributed by atoms with van der Waals surface area (Å²) in [4.78, 5) is 10.6. The summed E-state index contributed by atoms with van der Waals surface area (Å²) >= 11 is 0.